The molecule has 2 amide bonds. The van der Waals surface area contributed by atoms with Crippen molar-refractivity contribution in [3.63, 3.8) is 0 Å². The molecule has 0 radical (unpaired) electrons. The first-order chi connectivity index (χ1) is 13.0. The molecular weight excluding hydrogens is 382 g/mol. The lowest BCUT2D eigenvalue weighted by Gasteiger charge is -2.30. The number of thiazole rings is 1. The van der Waals surface area contributed by atoms with E-state index >= 15 is 0 Å². The van der Waals surface area contributed by atoms with Crippen molar-refractivity contribution >= 4 is 34.8 Å². The van der Waals surface area contributed by atoms with Crippen molar-refractivity contribution in [3.8, 4) is 0 Å². The Morgan fingerprint density at radius 2 is 2.11 bits per heavy atom. The molecule has 2 aromatic rings. The average Bonchev–Trinajstić information content (AvgIpc) is 3.28. The summed E-state index contributed by atoms with van der Waals surface area (Å²) in [5.74, 6) is 0.233. The molecule has 5 nitrogen and oxygen atoms in total. The molecule has 4 rings (SSSR count). The fourth-order valence-electron chi connectivity index (χ4n) is 4.51. The molecule has 1 aromatic heterocycles. The number of carbonyl (C=O) groups excluding carboxylic acids is 2. The maximum Gasteiger partial charge on any atom is 0.280 e. The van der Waals surface area contributed by atoms with E-state index in [4.69, 9.17) is 11.6 Å². The van der Waals surface area contributed by atoms with E-state index in [1.807, 2.05) is 5.38 Å². The first kappa shape index (κ1) is 18.4. The van der Waals surface area contributed by atoms with E-state index in [9.17, 15) is 9.59 Å². The van der Waals surface area contributed by atoms with E-state index < -0.39 is 0 Å². The van der Waals surface area contributed by atoms with Crippen molar-refractivity contribution in [2.75, 3.05) is 0 Å². The van der Waals surface area contributed by atoms with Gasteiger partial charge in [0, 0.05) is 33.7 Å². The Labute approximate surface area is 167 Å². The molecule has 27 heavy (non-hydrogen) atoms. The van der Waals surface area contributed by atoms with Crippen molar-refractivity contribution in [2.45, 2.75) is 50.1 Å². The van der Waals surface area contributed by atoms with Crippen LogP contribution in [0.15, 0.2) is 35.8 Å². The van der Waals surface area contributed by atoms with E-state index in [-0.39, 0.29) is 23.4 Å². The topological polar surface area (TPSA) is 71.1 Å². The Morgan fingerprint density at radius 3 is 2.89 bits per heavy atom. The maximum absolute atomic E-state index is 12.7. The monoisotopic (exact) mass is 403 g/mol. The molecule has 3 atom stereocenters. The zero-order chi connectivity index (χ0) is 18.9. The number of hydrogen-bond donors (Lipinski definition) is 2. The number of amides is 2. The number of halogens is 1. The summed E-state index contributed by atoms with van der Waals surface area (Å²) in [6.45, 7) is 0. The van der Waals surface area contributed by atoms with Crippen LogP contribution in [0, 0.1) is 5.92 Å². The molecule has 142 valence electrons. The number of aromatic nitrogens is 1. The van der Waals surface area contributed by atoms with Crippen LogP contribution in [-0.4, -0.2) is 28.4 Å². The van der Waals surface area contributed by atoms with Crippen LogP contribution >= 0.6 is 22.9 Å². The molecule has 0 aliphatic heterocycles. The highest BCUT2D eigenvalue weighted by Crippen LogP contribution is 2.44. The van der Waals surface area contributed by atoms with Gasteiger partial charge in [-0.3, -0.25) is 9.59 Å². The normalized spacial score (nSPS) is 27.0. The minimum absolute atomic E-state index is 0.0663. The third-order valence-electron chi connectivity index (χ3n) is 5.79. The number of nitrogens with zero attached hydrogens (tertiary/aromatic N) is 1. The van der Waals surface area contributed by atoms with Crippen molar-refractivity contribution in [2.24, 2.45) is 5.92 Å². The Kier molecular flexibility index (Phi) is 5.19. The highest BCUT2D eigenvalue weighted by Gasteiger charge is 2.45. The van der Waals surface area contributed by atoms with Crippen LogP contribution < -0.4 is 10.6 Å². The Hall–Kier alpha value is -1.92. The number of benzene rings is 1. The van der Waals surface area contributed by atoms with E-state index in [1.54, 1.807) is 30.5 Å². The summed E-state index contributed by atoms with van der Waals surface area (Å²) in [6.07, 6.45) is 7.39. The predicted octanol–water partition coefficient (Wildman–Crippen LogP) is 4.05. The fraction of sp³-hybridized carbons (Fsp3) is 0.450. The molecule has 2 saturated carbocycles. The largest absolute Gasteiger partial charge is 0.347 e. The lowest BCUT2D eigenvalue weighted by atomic mass is 9.91. The van der Waals surface area contributed by atoms with Crippen molar-refractivity contribution in [3.05, 3.63) is 51.4 Å². The van der Waals surface area contributed by atoms with Gasteiger partial charge in [-0.1, -0.05) is 17.7 Å². The predicted molar refractivity (Wildman–Crippen MR) is 106 cm³/mol. The molecule has 3 unspecified atom stereocenters. The van der Waals surface area contributed by atoms with Gasteiger partial charge in [0.2, 0.25) is 0 Å². The lowest BCUT2D eigenvalue weighted by molar-refractivity contribution is 0.0888. The van der Waals surface area contributed by atoms with Crippen LogP contribution in [-0.2, 0) is 0 Å². The Balaban J connectivity index is 1.43. The minimum Gasteiger partial charge on any atom is -0.347 e. The summed E-state index contributed by atoms with van der Waals surface area (Å²) in [4.78, 5) is 29.2. The SMILES string of the molecule is O=C(NC12CCCC(NC(=O)c3nccs3)C(CC1)C2)c1cccc(Cl)c1. The standard InChI is InChI=1S/C20H22ClN3O2S/c21-15-4-1-3-13(11-15)17(25)24-20-7-2-5-16(14(12-20)6-8-20)23-18(26)19-22-9-10-27-19/h1,3-4,9-11,14,16H,2,5-8,12H2,(H,23,26)(H,24,25). The molecule has 2 N–H and O–H groups in total. The summed E-state index contributed by atoms with van der Waals surface area (Å²) < 4.78 is 0. The van der Waals surface area contributed by atoms with E-state index in [0.717, 1.165) is 38.5 Å². The highest BCUT2D eigenvalue weighted by atomic mass is 35.5. The molecule has 0 spiro atoms. The van der Waals surface area contributed by atoms with Gasteiger partial charge in [0.05, 0.1) is 0 Å². The first-order valence-electron chi connectivity index (χ1n) is 9.33. The number of carbonyl (C=O) groups is 2. The van der Waals surface area contributed by atoms with Crippen LogP contribution in [0.5, 0.6) is 0 Å². The van der Waals surface area contributed by atoms with Crippen LogP contribution in [0.2, 0.25) is 5.02 Å². The van der Waals surface area contributed by atoms with Crippen molar-refractivity contribution in [1.29, 1.82) is 0 Å². The lowest BCUT2D eigenvalue weighted by Crippen LogP contribution is -2.46. The van der Waals surface area contributed by atoms with Crippen molar-refractivity contribution in [1.82, 2.24) is 15.6 Å². The van der Waals surface area contributed by atoms with Crippen LogP contribution in [0.3, 0.4) is 0 Å². The van der Waals surface area contributed by atoms with Gasteiger partial charge in [-0.2, -0.15) is 0 Å². The van der Waals surface area contributed by atoms with Gasteiger partial charge in [0.25, 0.3) is 11.8 Å². The van der Waals surface area contributed by atoms with Gasteiger partial charge >= 0.3 is 0 Å². The smallest absolute Gasteiger partial charge is 0.280 e. The molecule has 2 bridgehead atoms. The zero-order valence-corrected chi connectivity index (χ0v) is 16.5. The molecule has 0 saturated heterocycles. The summed E-state index contributed by atoms with van der Waals surface area (Å²) in [5, 5.41) is 9.36. The van der Waals surface area contributed by atoms with E-state index in [0.29, 0.717) is 21.5 Å². The quantitative estimate of drug-likeness (QED) is 0.809. The first-order valence-corrected chi connectivity index (χ1v) is 10.6. The highest BCUT2D eigenvalue weighted by molar-refractivity contribution is 7.11. The van der Waals surface area contributed by atoms with E-state index in [2.05, 4.69) is 15.6 Å². The third-order valence-corrected chi connectivity index (χ3v) is 6.80. The molecular formula is C20H22ClN3O2S. The average molecular weight is 404 g/mol. The van der Waals surface area contributed by atoms with Gasteiger partial charge < -0.3 is 10.6 Å². The summed E-state index contributed by atoms with van der Waals surface area (Å²) in [6, 6.07) is 7.20. The third kappa shape index (κ3) is 4.01. The number of rotatable bonds is 4. The Bertz CT molecular complexity index is 842. The van der Waals surface area contributed by atoms with Gasteiger partial charge in [0.1, 0.15) is 0 Å². The minimum atomic E-state index is -0.176. The van der Waals surface area contributed by atoms with E-state index in [1.165, 1.54) is 11.3 Å². The molecule has 1 heterocycles. The molecule has 2 aliphatic rings. The number of fused-ring (bicyclic) bond motifs is 2. The second-order valence-corrected chi connectivity index (χ2v) is 8.89. The second kappa shape index (κ2) is 7.60. The summed E-state index contributed by atoms with van der Waals surface area (Å²) in [5.41, 5.74) is 0.420. The van der Waals surface area contributed by atoms with Gasteiger partial charge in [0.15, 0.2) is 5.01 Å². The van der Waals surface area contributed by atoms with Gasteiger partial charge in [-0.15, -0.1) is 11.3 Å². The Morgan fingerprint density at radius 1 is 1.22 bits per heavy atom. The van der Waals surface area contributed by atoms with Crippen LogP contribution in [0.25, 0.3) is 0 Å². The summed E-state index contributed by atoms with van der Waals surface area (Å²) >= 11 is 7.38. The van der Waals surface area contributed by atoms with Crippen LogP contribution in [0.1, 0.15) is 58.7 Å². The van der Waals surface area contributed by atoms with Crippen LogP contribution in [0.4, 0.5) is 0 Å². The number of hydrogen-bond acceptors (Lipinski definition) is 4. The maximum atomic E-state index is 12.7. The number of nitrogens with one attached hydrogen (secondary N) is 2. The fourth-order valence-corrected chi connectivity index (χ4v) is 5.24. The summed E-state index contributed by atoms with van der Waals surface area (Å²) in [7, 11) is 0. The van der Waals surface area contributed by atoms with Gasteiger partial charge in [-0.25, -0.2) is 4.98 Å². The molecule has 7 heteroatoms. The van der Waals surface area contributed by atoms with Gasteiger partial charge in [-0.05, 0) is 62.6 Å². The molecule has 2 fully saturated rings. The molecule has 2 aliphatic carbocycles. The zero-order valence-electron chi connectivity index (χ0n) is 14.9. The van der Waals surface area contributed by atoms with Crippen molar-refractivity contribution < 1.29 is 9.59 Å². The molecule has 1 aromatic carbocycles. The second-order valence-electron chi connectivity index (χ2n) is 7.56.